The number of carbonyl (C=O) groups excluding carboxylic acids is 1. The van der Waals surface area contributed by atoms with Gasteiger partial charge in [-0.05, 0) is 18.2 Å². The van der Waals surface area contributed by atoms with E-state index in [1.54, 1.807) is 18.2 Å². The van der Waals surface area contributed by atoms with E-state index in [1.807, 2.05) is 0 Å². The number of aliphatic hydroxyl groups excluding tert-OH is 1. The van der Waals surface area contributed by atoms with Gasteiger partial charge in [-0.15, -0.1) is 0 Å². The van der Waals surface area contributed by atoms with E-state index in [0.29, 0.717) is 30.2 Å². The molecule has 0 saturated carbocycles. The monoisotopic (exact) mass is 269 g/mol. The van der Waals surface area contributed by atoms with Gasteiger partial charge in [0.2, 0.25) is 0 Å². The molecule has 1 amide bonds. The van der Waals surface area contributed by atoms with Crippen LogP contribution in [0.3, 0.4) is 0 Å². The van der Waals surface area contributed by atoms with Crippen molar-refractivity contribution in [2.75, 3.05) is 40.6 Å². The normalized spacial score (nSPS) is 10.1. The van der Waals surface area contributed by atoms with Crippen molar-refractivity contribution in [3.8, 4) is 11.5 Å². The van der Waals surface area contributed by atoms with Crippen LogP contribution < -0.4 is 14.8 Å². The molecule has 0 saturated heterocycles. The summed E-state index contributed by atoms with van der Waals surface area (Å²) in [6.07, 6.45) is 0. The second-order valence-corrected chi connectivity index (χ2v) is 3.66. The molecule has 6 nitrogen and oxygen atoms in total. The molecule has 0 heterocycles. The fraction of sp³-hybridized carbons (Fsp3) is 0.462. The van der Waals surface area contributed by atoms with E-state index in [-0.39, 0.29) is 19.1 Å². The van der Waals surface area contributed by atoms with E-state index >= 15 is 0 Å². The highest BCUT2D eigenvalue weighted by atomic mass is 16.5. The molecule has 0 bridgehead atoms. The summed E-state index contributed by atoms with van der Waals surface area (Å²) >= 11 is 0. The zero-order valence-corrected chi connectivity index (χ0v) is 11.1. The third-order valence-electron chi connectivity index (χ3n) is 2.42. The fourth-order valence-corrected chi connectivity index (χ4v) is 1.49. The standard InChI is InChI=1S/C13H19NO5/c1-17-10-3-4-12(18-2)11(9-10)13(16)14-5-7-19-8-6-15/h3-4,9,15H,5-8H2,1-2H3,(H,14,16). The predicted molar refractivity (Wildman–Crippen MR) is 69.8 cm³/mol. The summed E-state index contributed by atoms with van der Waals surface area (Å²) in [7, 11) is 3.04. The molecule has 0 fully saturated rings. The Hall–Kier alpha value is -1.79. The molecule has 19 heavy (non-hydrogen) atoms. The predicted octanol–water partition coefficient (Wildman–Crippen LogP) is 0.442. The van der Waals surface area contributed by atoms with Gasteiger partial charge < -0.3 is 24.6 Å². The minimum Gasteiger partial charge on any atom is -0.497 e. The highest BCUT2D eigenvalue weighted by Gasteiger charge is 2.12. The van der Waals surface area contributed by atoms with E-state index in [9.17, 15) is 4.79 Å². The first-order valence-corrected chi connectivity index (χ1v) is 5.91. The van der Waals surface area contributed by atoms with Crippen molar-refractivity contribution in [3.05, 3.63) is 23.8 Å². The highest BCUT2D eigenvalue weighted by Crippen LogP contribution is 2.23. The number of carbonyl (C=O) groups is 1. The largest absolute Gasteiger partial charge is 0.497 e. The minimum atomic E-state index is -0.261. The molecule has 0 spiro atoms. The van der Waals surface area contributed by atoms with E-state index in [2.05, 4.69) is 5.32 Å². The molecule has 1 rings (SSSR count). The van der Waals surface area contributed by atoms with Gasteiger partial charge in [-0.25, -0.2) is 0 Å². The Morgan fingerprint density at radius 3 is 2.68 bits per heavy atom. The van der Waals surface area contributed by atoms with Gasteiger partial charge in [0.15, 0.2) is 0 Å². The molecule has 0 unspecified atom stereocenters. The molecule has 0 aliphatic heterocycles. The van der Waals surface area contributed by atoms with Crippen LogP contribution >= 0.6 is 0 Å². The smallest absolute Gasteiger partial charge is 0.255 e. The number of benzene rings is 1. The van der Waals surface area contributed by atoms with E-state index in [1.165, 1.54) is 14.2 Å². The van der Waals surface area contributed by atoms with E-state index in [0.717, 1.165) is 0 Å². The van der Waals surface area contributed by atoms with Crippen LogP contribution in [0.1, 0.15) is 10.4 Å². The van der Waals surface area contributed by atoms with Crippen molar-refractivity contribution < 1.29 is 24.1 Å². The SMILES string of the molecule is COc1ccc(OC)c(C(=O)NCCOCCO)c1. The Balaban J connectivity index is 2.59. The Kier molecular flexibility index (Phi) is 6.70. The number of amides is 1. The molecule has 0 aliphatic rings. The van der Waals surface area contributed by atoms with Crippen molar-refractivity contribution in [3.63, 3.8) is 0 Å². The second-order valence-electron chi connectivity index (χ2n) is 3.66. The molecule has 0 atom stereocenters. The van der Waals surface area contributed by atoms with Crippen LogP contribution in [0.15, 0.2) is 18.2 Å². The first kappa shape index (κ1) is 15.3. The average Bonchev–Trinajstić information content (AvgIpc) is 2.46. The fourth-order valence-electron chi connectivity index (χ4n) is 1.49. The van der Waals surface area contributed by atoms with Gasteiger partial charge in [0, 0.05) is 6.54 Å². The number of ether oxygens (including phenoxy) is 3. The van der Waals surface area contributed by atoms with Crippen LogP contribution in [0.2, 0.25) is 0 Å². The second kappa shape index (κ2) is 8.34. The van der Waals surface area contributed by atoms with Crippen LogP contribution in [0, 0.1) is 0 Å². The summed E-state index contributed by atoms with van der Waals surface area (Å²) in [6, 6.07) is 5.01. The van der Waals surface area contributed by atoms with Crippen molar-refractivity contribution in [2.45, 2.75) is 0 Å². The zero-order valence-electron chi connectivity index (χ0n) is 11.1. The van der Waals surface area contributed by atoms with Crippen LogP contribution in [-0.2, 0) is 4.74 Å². The van der Waals surface area contributed by atoms with Gasteiger partial charge in [0.05, 0.1) is 39.6 Å². The molecule has 0 aromatic heterocycles. The topological polar surface area (TPSA) is 77.0 Å². The Morgan fingerprint density at radius 1 is 1.26 bits per heavy atom. The quantitative estimate of drug-likeness (QED) is 0.670. The highest BCUT2D eigenvalue weighted by molar-refractivity contribution is 5.97. The lowest BCUT2D eigenvalue weighted by Crippen LogP contribution is -2.28. The lowest BCUT2D eigenvalue weighted by Gasteiger charge is -2.11. The van der Waals surface area contributed by atoms with Gasteiger partial charge in [-0.1, -0.05) is 0 Å². The van der Waals surface area contributed by atoms with Crippen LogP contribution in [0.4, 0.5) is 0 Å². The number of hydrogen-bond donors (Lipinski definition) is 2. The molecular weight excluding hydrogens is 250 g/mol. The third kappa shape index (κ3) is 4.76. The molecular formula is C13H19NO5. The Labute approximate surface area is 112 Å². The van der Waals surface area contributed by atoms with Crippen molar-refractivity contribution >= 4 is 5.91 Å². The van der Waals surface area contributed by atoms with Crippen LogP contribution in [-0.4, -0.2) is 51.6 Å². The molecule has 1 aromatic rings. The van der Waals surface area contributed by atoms with Crippen LogP contribution in [0.5, 0.6) is 11.5 Å². The van der Waals surface area contributed by atoms with Crippen LogP contribution in [0.25, 0.3) is 0 Å². The van der Waals surface area contributed by atoms with Crippen molar-refractivity contribution in [1.82, 2.24) is 5.32 Å². The van der Waals surface area contributed by atoms with Gasteiger partial charge in [-0.3, -0.25) is 4.79 Å². The number of methoxy groups -OCH3 is 2. The molecule has 106 valence electrons. The maximum Gasteiger partial charge on any atom is 0.255 e. The zero-order chi connectivity index (χ0) is 14.1. The summed E-state index contributed by atoms with van der Waals surface area (Å²) in [6.45, 7) is 0.938. The number of rotatable bonds is 8. The average molecular weight is 269 g/mol. The molecule has 0 radical (unpaired) electrons. The summed E-state index contributed by atoms with van der Waals surface area (Å²) < 4.78 is 15.3. The Bertz CT molecular complexity index is 408. The number of hydrogen-bond acceptors (Lipinski definition) is 5. The lowest BCUT2D eigenvalue weighted by atomic mass is 10.1. The molecule has 6 heteroatoms. The summed E-state index contributed by atoms with van der Waals surface area (Å²) in [4.78, 5) is 12.0. The first-order chi connectivity index (χ1) is 9.22. The summed E-state index contributed by atoms with van der Waals surface area (Å²) in [5.41, 5.74) is 0.406. The minimum absolute atomic E-state index is 0.0301. The van der Waals surface area contributed by atoms with E-state index in [4.69, 9.17) is 19.3 Å². The number of nitrogens with one attached hydrogen (secondary N) is 1. The van der Waals surface area contributed by atoms with Gasteiger partial charge in [-0.2, -0.15) is 0 Å². The summed E-state index contributed by atoms with van der Waals surface area (Å²) in [5, 5.41) is 11.2. The summed E-state index contributed by atoms with van der Waals surface area (Å²) in [5.74, 6) is 0.806. The molecule has 0 aliphatic carbocycles. The van der Waals surface area contributed by atoms with Gasteiger partial charge >= 0.3 is 0 Å². The first-order valence-electron chi connectivity index (χ1n) is 5.91. The Morgan fingerprint density at radius 2 is 2.05 bits per heavy atom. The molecule has 2 N–H and O–H groups in total. The molecule has 1 aromatic carbocycles. The van der Waals surface area contributed by atoms with Gasteiger partial charge in [0.25, 0.3) is 5.91 Å². The van der Waals surface area contributed by atoms with Gasteiger partial charge in [0.1, 0.15) is 11.5 Å². The third-order valence-corrected chi connectivity index (χ3v) is 2.42. The maximum atomic E-state index is 12.0. The maximum absolute atomic E-state index is 12.0. The van der Waals surface area contributed by atoms with E-state index < -0.39 is 0 Å². The number of aliphatic hydroxyl groups is 1. The lowest BCUT2D eigenvalue weighted by molar-refractivity contribution is 0.0836. The van der Waals surface area contributed by atoms with Crippen molar-refractivity contribution in [2.24, 2.45) is 0 Å². The van der Waals surface area contributed by atoms with Crippen molar-refractivity contribution in [1.29, 1.82) is 0 Å².